The number of hydrogen-bond acceptors (Lipinski definition) is 2. The Kier molecular flexibility index (Phi) is 3.92. The van der Waals surface area contributed by atoms with Crippen molar-refractivity contribution in [2.24, 2.45) is 5.92 Å². The van der Waals surface area contributed by atoms with Gasteiger partial charge in [0.2, 0.25) is 5.91 Å². The van der Waals surface area contributed by atoms with E-state index in [1.165, 1.54) is 0 Å². The number of nitrogens with zero attached hydrogens (tertiary/aromatic N) is 1. The van der Waals surface area contributed by atoms with Gasteiger partial charge in [-0.1, -0.05) is 60.7 Å². The van der Waals surface area contributed by atoms with E-state index in [2.05, 4.69) is 0 Å². The summed E-state index contributed by atoms with van der Waals surface area (Å²) in [5.41, 5.74) is 1.87. The first-order valence-corrected chi connectivity index (χ1v) is 7.28. The van der Waals surface area contributed by atoms with E-state index in [0.717, 1.165) is 11.1 Å². The average Bonchev–Trinajstić information content (AvgIpc) is 2.86. The van der Waals surface area contributed by atoms with Crippen LogP contribution in [-0.2, 0) is 16.1 Å². The molecule has 1 amide bonds. The first-order chi connectivity index (χ1) is 10.7. The van der Waals surface area contributed by atoms with Crippen molar-refractivity contribution in [3.8, 4) is 0 Å². The van der Waals surface area contributed by atoms with Crippen molar-refractivity contribution in [1.29, 1.82) is 0 Å². The second kappa shape index (κ2) is 6.02. The molecule has 0 aliphatic carbocycles. The van der Waals surface area contributed by atoms with Gasteiger partial charge in [0.05, 0.1) is 12.0 Å². The minimum atomic E-state index is -0.919. The maximum atomic E-state index is 12.3. The fourth-order valence-corrected chi connectivity index (χ4v) is 3.04. The summed E-state index contributed by atoms with van der Waals surface area (Å²) >= 11 is 0. The number of carboxylic acid groups (broad SMARTS) is 1. The van der Waals surface area contributed by atoms with Crippen molar-refractivity contribution in [3.05, 3.63) is 71.8 Å². The van der Waals surface area contributed by atoms with Crippen LogP contribution in [0.3, 0.4) is 0 Å². The normalized spacial score (nSPS) is 21.1. The number of carbonyl (C=O) groups excluding carboxylic acids is 1. The lowest BCUT2D eigenvalue weighted by molar-refractivity contribution is -0.142. The summed E-state index contributed by atoms with van der Waals surface area (Å²) in [6, 6.07) is 18.6. The number of rotatable bonds is 4. The standard InChI is InChI=1S/C18H17NO3/c20-16-11-15(18(21)22)17(14-9-5-2-6-10-14)19(16)12-13-7-3-1-4-8-13/h1-10,15,17H,11-12H2,(H,21,22). The maximum Gasteiger partial charge on any atom is 0.309 e. The molecular formula is C18H17NO3. The van der Waals surface area contributed by atoms with Crippen molar-refractivity contribution in [1.82, 2.24) is 4.90 Å². The Morgan fingerprint density at radius 3 is 2.23 bits per heavy atom. The number of aliphatic carboxylic acids is 1. The molecule has 4 heteroatoms. The smallest absolute Gasteiger partial charge is 0.309 e. The molecular weight excluding hydrogens is 278 g/mol. The van der Waals surface area contributed by atoms with Crippen LogP contribution in [0.4, 0.5) is 0 Å². The van der Waals surface area contributed by atoms with Gasteiger partial charge in [-0.15, -0.1) is 0 Å². The fourth-order valence-electron chi connectivity index (χ4n) is 3.04. The Morgan fingerprint density at radius 2 is 1.64 bits per heavy atom. The molecule has 0 aromatic heterocycles. The summed E-state index contributed by atoms with van der Waals surface area (Å²) in [6.07, 6.45) is 0.0573. The van der Waals surface area contributed by atoms with Gasteiger partial charge in [0.25, 0.3) is 0 Å². The molecule has 112 valence electrons. The molecule has 0 bridgehead atoms. The molecule has 2 aromatic rings. The Hall–Kier alpha value is -2.62. The second-order valence-electron chi connectivity index (χ2n) is 5.51. The third-order valence-corrected chi connectivity index (χ3v) is 4.09. The van der Waals surface area contributed by atoms with Crippen LogP contribution >= 0.6 is 0 Å². The van der Waals surface area contributed by atoms with E-state index in [9.17, 15) is 14.7 Å². The minimum absolute atomic E-state index is 0.0573. The molecule has 1 saturated heterocycles. The molecule has 4 nitrogen and oxygen atoms in total. The van der Waals surface area contributed by atoms with Gasteiger partial charge in [-0.2, -0.15) is 0 Å². The quantitative estimate of drug-likeness (QED) is 0.943. The van der Waals surface area contributed by atoms with Gasteiger partial charge in [0, 0.05) is 13.0 Å². The SMILES string of the molecule is O=C(O)C1CC(=O)N(Cc2ccccc2)C1c1ccccc1. The highest BCUT2D eigenvalue weighted by Gasteiger charge is 2.44. The predicted octanol–water partition coefficient (Wildman–Crippen LogP) is 2.86. The van der Waals surface area contributed by atoms with Crippen LogP contribution in [0.2, 0.25) is 0 Å². The highest BCUT2D eigenvalue weighted by molar-refractivity contribution is 5.87. The zero-order valence-electron chi connectivity index (χ0n) is 12.1. The van der Waals surface area contributed by atoms with Crippen LogP contribution in [0, 0.1) is 5.92 Å². The van der Waals surface area contributed by atoms with Crippen LogP contribution in [0.1, 0.15) is 23.6 Å². The second-order valence-corrected chi connectivity index (χ2v) is 5.51. The third kappa shape index (κ3) is 2.72. The molecule has 2 atom stereocenters. The van der Waals surface area contributed by atoms with E-state index < -0.39 is 17.9 Å². The van der Waals surface area contributed by atoms with Crippen molar-refractivity contribution in [2.75, 3.05) is 0 Å². The largest absolute Gasteiger partial charge is 0.481 e. The highest BCUT2D eigenvalue weighted by Crippen LogP contribution is 2.39. The van der Waals surface area contributed by atoms with Crippen LogP contribution in [0.15, 0.2) is 60.7 Å². The zero-order valence-corrected chi connectivity index (χ0v) is 12.1. The molecule has 1 N–H and O–H groups in total. The summed E-state index contributed by atoms with van der Waals surface area (Å²) < 4.78 is 0. The Labute approximate surface area is 129 Å². The first kappa shape index (κ1) is 14.3. The van der Waals surface area contributed by atoms with E-state index in [-0.39, 0.29) is 12.3 Å². The number of hydrogen-bond donors (Lipinski definition) is 1. The van der Waals surface area contributed by atoms with Gasteiger partial charge < -0.3 is 10.0 Å². The number of likely N-dealkylation sites (tertiary alicyclic amines) is 1. The minimum Gasteiger partial charge on any atom is -0.481 e. The first-order valence-electron chi connectivity index (χ1n) is 7.28. The Balaban J connectivity index is 1.95. The maximum absolute atomic E-state index is 12.3. The summed E-state index contributed by atoms with van der Waals surface area (Å²) in [4.78, 5) is 25.6. The average molecular weight is 295 g/mol. The van der Waals surface area contributed by atoms with Gasteiger partial charge in [-0.05, 0) is 11.1 Å². The Morgan fingerprint density at radius 1 is 1.05 bits per heavy atom. The molecule has 1 aliphatic rings. The lowest BCUT2D eigenvalue weighted by atomic mass is 9.93. The van der Waals surface area contributed by atoms with Crippen LogP contribution in [0.5, 0.6) is 0 Å². The monoisotopic (exact) mass is 295 g/mol. The number of carboxylic acids is 1. The van der Waals surface area contributed by atoms with Gasteiger partial charge in [-0.3, -0.25) is 9.59 Å². The summed E-state index contributed by atoms with van der Waals surface area (Å²) in [7, 11) is 0. The molecule has 0 saturated carbocycles. The van der Waals surface area contributed by atoms with Crippen LogP contribution < -0.4 is 0 Å². The highest BCUT2D eigenvalue weighted by atomic mass is 16.4. The van der Waals surface area contributed by atoms with E-state index in [4.69, 9.17) is 0 Å². The molecule has 2 aromatic carbocycles. The topological polar surface area (TPSA) is 57.6 Å². The molecule has 2 unspecified atom stereocenters. The molecule has 1 heterocycles. The van der Waals surface area contributed by atoms with Gasteiger partial charge >= 0.3 is 5.97 Å². The summed E-state index contributed by atoms with van der Waals surface area (Å²) in [5, 5.41) is 9.47. The summed E-state index contributed by atoms with van der Waals surface area (Å²) in [5.74, 6) is -1.72. The number of carbonyl (C=O) groups is 2. The Bertz CT molecular complexity index is 669. The van der Waals surface area contributed by atoms with Gasteiger partial charge in [0.1, 0.15) is 0 Å². The van der Waals surface area contributed by atoms with E-state index in [0.29, 0.717) is 6.54 Å². The lowest BCUT2D eigenvalue weighted by Crippen LogP contribution is -2.30. The lowest BCUT2D eigenvalue weighted by Gasteiger charge is -2.27. The van der Waals surface area contributed by atoms with Gasteiger partial charge in [0.15, 0.2) is 0 Å². The zero-order chi connectivity index (χ0) is 15.5. The molecule has 0 radical (unpaired) electrons. The van der Waals surface area contributed by atoms with Crippen molar-refractivity contribution < 1.29 is 14.7 Å². The van der Waals surface area contributed by atoms with E-state index in [1.807, 2.05) is 60.7 Å². The fraction of sp³-hybridized carbons (Fsp3) is 0.222. The van der Waals surface area contributed by atoms with E-state index in [1.54, 1.807) is 4.90 Å². The van der Waals surface area contributed by atoms with E-state index >= 15 is 0 Å². The molecule has 1 fully saturated rings. The van der Waals surface area contributed by atoms with Gasteiger partial charge in [-0.25, -0.2) is 0 Å². The molecule has 22 heavy (non-hydrogen) atoms. The molecule has 3 rings (SSSR count). The van der Waals surface area contributed by atoms with Crippen LogP contribution in [-0.4, -0.2) is 21.9 Å². The van der Waals surface area contributed by atoms with Crippen molar-refractivity contribution in [2.45, 2.75) is 19.0 Å². The number of amides is 1. The number of benzene rings is 2. The van der Waals surface area contributed by atoms with Crippen molar-refractivity contribution >= 4 is 11.9 Å². The summed E-state index contributed by atoms with van der Waals surface area (Å²) in [6.45, 7) is 0.434. The van der Waals surface area contributed by atoms with Crippen LogP contribution in [0.25, 0.3) is 0 Å². The molecule has 1 aliphatic heterocycles. The predicted molar refractivity (Wildman–Crippen MR) is 81.9 cm³/mol. The van der Waals surface area contributed by atoms with Crippen molar-refractivity contribution in [3.63, 3.8) is 0 Å². The molecule has 0 spiro atoms. The third-order valence-electron chi connectivity index (χ3n) is 4.09.